The number of rotatable bonds is 11. The Morgan fingerprint density at radius 2 is 1.85 bits per heavy atom. The van der Waals surface area contributed by atoms with E-state index in [1.165, 1.54) is 38.4 Å². The van der Waals surface area contributed by atoms with Crippen LogP contribution in [0.5, 0.6) is 5.75 Å². The molecule has 9 nitrogen and oxygen atoms in total. The molecule has 1 aromatic heterocycles. The minimum absolute atomic E-state index is 0.0104. The minimum Gasteiger partial charge on any atom is -0.495 e. The third-order valence-electron chi connectivity index (χ3n) is 5.93. The van der Waals surface area contributed by atoms with E-state index in [-0.39, 0.29) is 41.8 Å². The molecule has 216 valence electrons. The van der Waals surface area contributed by atoms with Crippen LogP contribution < -0.4 is 19.7 Å². The van der Waals surface area contributed by atoms with Gasteiger partial charge in [0.2, 0.25) is 16.0 Å². The Balaban J connectivity index is 1.93. The molecular weight excluding hydrogens is 554 g/mol. The van der Waals surface area contributed by atoms with Crippen molar-refractivity contribution in [1.82, 2.24) is 15.3 Å². The molecule has 1 amide bonds. The number of alkyl halides is 3. The lowest BCUT2D eigenvalue weighted by Crippen LogP contribution is -2.26. The predicted octanol–water partition coefficient (Wildman–Crippen LogP) is 4.71. The molecule has 2 N–H and O–H groups in total. The topological polar surface area (TPSA) is 114 Å². The summed E-state index contributed by atoms with van der Waals surface area (Å²) in [5.74, 6) is -0.908. The third kappa shape index (κ3) is 7.58. The fourth-order valence-corrected chi connectivity index (χ4v) is 4.30. The average Bonchev–Trinajstić information content (AvgIpc) is 2.89. The number of amides is 1. The Kier molecular flexibility index (Phi) is 9.56. The van der Waals surface area contributed by atoms with Gasteiger partial charge >= 0.3 is 6.18 Å². The van der Waals surface area contributed by atoms with E-state index in [9.17, 15) is 30.8 Å². The molecule has 0 spiro atoms. The normalized spacial score (nSPS) is 11.7. The summed E-state index contributed by atoms with van der Waals surface area (Å²) in [6.45, 7) is 2.41. The monoisotopic (exact) mass is 583 g/mol. The molecule has 40 heavy (non-hydrogen) atoms. The second-order valence-electron chi connectivity index (χ2n) is 8.85. The number of hydrogen-bond acceptors (Lipinski definition) is 7. The second kappa shape index (κ2) is 12.5. The summed E-state index contributed by atoms with van der Waals surface area (Å²) in [5, 5.41) is 5.57. The molecule has 3 rings (SSSR count). The zero-order valence-corrected chi connectivity index (χ0v) is 23.1. The summed E-state index contributed by atoms with van der Waals surface area (Å²) < 4.78 is 85.5. The molecule has 0 unspecified atom stereocenters. The average molecular weight is 584 g/mol. The molecule has 0 saturated carbocycles. The van der Waals surface area contributed by atoms with Crippen LogP contribution >= 0.6 is 0 Å². The van der Waals surface area contributed by atoms with E-state index >= 15 is 0 Å². The van der Waals surface area contributed by atoms with Crippen LogP contribution in [0.1, 0.15) is 40.5 Å². The molecule has 1 heterocycles. The molecule has 0 atom stereocenters. The van der Waals surface area contributed by atoms with Crippen LogP contribution in [0.25, 0.3) is 0 Å². The fourth-order valence-electron chi connectivity index (χ4n) is 3.77. The van der Waals surface area contributed by atoms with Gasteiger partial charge in [-0.25, -0.2) is 22.8 Å². The Morgan fingerprint density at radius 3 is 2.48 bits per heavy atom. The quantitative estimate of drug-likeness (QED) is 0.315. The second-order valence-corrected chi connectivity index (χ2v) is 10.9. The van der Waals surface area contributed by atoms with Crippen molar-refractivity contribution in [3.8, 4) is 5.75 Å². The summed E-state index contributed by atoms with van der Waals surface area (Å²) in [6.07, 6.45) is -2.74. The number of methoxy groups -OCH3 is 1. The van der Waals surface area contributed by atoms with E-state index in [1.54, 1.807) is 0 Å². The van der Waals surface area contributed by atoms with Crippen LogP contribution in [0.2, 0.25) is 0 Å². The number of hydrogen-bond donors (Lipinski definition) is 2. The van der Waals surface area contributed by atoms with Gasteiger partial charge in [0.1, 0.15) is 11.6 Å². The van der Waals surface area contributed by atoms with Gasteiger partial charge in [0.05, 0.1) is 36.0 Å². The Bertz CT molecular complexity index is 1480. The number of ether oxygens (including phenoxy) is 1. The number of nitrogens with one attached hydrogen (secondary N) is 2. The number of anilines is 3. The summed E-state index contributed by atoms with van der Waals surface area (Å²) in [7, 11) is -1.15. The molecule has 3 aromatic rings. The lowest BCUT2D eigenvalue weighted by Gasteiger charge is -2.21. The standard InChI is InChI=1S/C26H29F4N5O4S/c1-5-12-31-24(36)17-8-11-21(23(13-17)39-3)34-25-32-15-19(26(28,29)30)20(33-25)10-7-16-6-9-18(27)14-22(16)35(2)40(4,37)38/h6,8-9,11,13-15H,5,7,10,12H2,1-4H3,(H,31,36)(H,32,33,34). The van der Waals surface area contributed by atoms with Crippen LogP contribution in [0.4, 0.5) is 34.9 Å². The van der Waals surface area contributed by atoms with E-state index in [2.05, 4.69) is 20.6 Å². The molecule has 14 heteroatoms. The zero-order chi connectivity index (χ0) is 29.7. The molecule has 0 aliphatic heterocycles. The van der Waals surface area contributed by atoms with Crippen LogP contribution in [-0.4, -0.2) is 51.3 Å². The van der Waals surface area contributed by atoms with Crippen molar-refractivity contribution in [1.29, 1.82) is 0 Å². The molecule has 0 radical (unpaired) electrons. The van der Waals surface area contributed by atoms with E-state index in [0.717, 1.165) is 29.1 Å². The minimum atomic E-state index is -4.76. The number of carbonyl (C=O) groups is 1. The van der Waals surface area contributed by atoms with E-state index < -0.39 is 27.6 Å². The zero-order valence-electron chi connectivity index (χ0n) is 22.3. The number of aryl methyl sites for hydroxylation is 2. The fraction of sp³-hybridized carbons (Fsp3) is 0.346. The van der Waals surface area contributed by atoms with Gasteiger partial charge in [0, 0.05) is 25.4 Å². The van der Waals surface area contributed by atoms with E-state index in [0.29, 0.717) is 29.6 Å². The highest BCUT2D eigenvalue weighted by Gasteiger charge is 2.35. The molecule has 0 aliphatic carbocycles. The lowest BCUT2D eigenvalue weighted by molar-refractivity contribution is -0.138. The van der Waals surface area contributed by atoms with Gasteiger partial charge in [0.15, 0.2) is 0 Å². The van der Waals surface area contributed by atoms with Crippen LogP contribution in [0, 0.1) is 5.82 Å². The molecule has 0 aliphatic rings. The number of nitrogens with zero attached hydrogens (tertiary/aromatic N) is 3. The molecular formula is C26H29F4N5O4S. The van der Waals surface area contributed by atoms with Crippen molar-refractivity contribution >= 4 is 33.3 Å². The van der Waals surface area contributed by atoms with Gasteiger partial charge < -0.3 is 15.4 Å². The van der Waals surface area contributed by atoms with Crippen molar-refractivity contribution in [2.24, 2.45) is 0 Å². The van der Waals surface area contributed by atoms with E-state index in [1.807, 2.05) is 6.92 Å². The highest BCUT2D eigenvalue weighted by atomic mass is 32.2. The van der Waals surface area contributed by atoms with Crippen molar-refractivity contribution < 1.29 is 35.5 Å². The maximum atomic E-state index is 13.9. The number of sulfonamides is 1. The van der Waals surface area contributed by atoms with Gasteiger partial charge in [-0.3, -0.25) is 9.10 Å². The van der Waals surface area contributed by atoms with Gasteiger partial charge in [-0.15, -0.1) is 0 Å². The number of benzene rings is 2. The largest absolute Gasteiger partial charge is 0.495 e. The molecule has 0 fully saturated rings. The van der Waals surface area contributed by atoms with Crippen LogP contribution in [0.3, 0.4) is 0 Å². The summed E-state index contributed by atoms with van der Waals surface area (Å²) in [5.41, 5.74) is -0.440. The molecule has 0 saturated heterocycles. The Labute approximate surface area is 229 Å². The Morgan fingerprint density at radius 1 is 1.12 bits per heavy atom. The summed E-state index contributed by atoms with van der Waals surface area (Å²) >= 11 is 0. The van der Waals surface area contributed by atoms with Crippen LogP contribution in [0.15, 0.2) is 42.6 Å². The Hall–Kier alpha value is -3.94. The number of halogens is 4. The predicted molar refractivity (Wildman–Crippen MR) is 143 cm³/mol. The van der Waals surface area contributed by atoms with Crippen LogP contribution in [-0.2, 0) is 29.0 Å². The maximum absolute atomic E-state index is 13.9. The third-order valence-corrected chi connectivity index (χ3v) is 7.13. The van der Waals surface area contributed by atoms with Crippen molar-refractivity contribution in [3.05, 3.63) is 70.8 Å². The van der Waals surface area contributed by atoms with Crippen molar-refractivity contribution in [2.45, 2.75) is 32.4 Å². The van der Waals surface area contributed by atoms with Crippen molar-refractivity contribution in [3.63, 3.8) is 0 Å². The van der Waals surface area contributed by atoms with Gasteiger partial charge in [-0.1, -0.05) is 13.0 Å². The first-order valence-electron chi connectivity index (χ1n) is 12.1. The summed E-state index contributed by atoms with van der Waals surface area (Å²) in [6, 6.07) is 7.95. The van der Waals surface area contributed by atoms with Gasteiger partial charge in [-0.2, -0.15) is 13.2 Å². The molecule has 0 bridgehead atoms. The van der Waals surface area contributed by atoms with Crippen molar-refractivity contribution in [2.75, 3.05) is 36.6 Å². The van der Waals surface area contributed by atoms with Gasteiger partial charge in [0.25, 0.3) is 5.91 Å². The van der Waals surface area contributed by atoms with Gasteiger partial charge in [-0.05, 0) is 55.2 Å². The SMILES string of the molecule is CCCNC(=O)c1ccc(Nc2ncc(C(F)(F)F)c(CCc3ccc(F)cc3N(C)S(C)(=O)=O)n2)c(OC)c1. The van der Waals surface area contributed by atoms with E-state index in [4.69, 9.17) is 4.74 Å². The first-order valence-corrected chi connectivity index (χ1v) is 14.0. The maximum Gasteiger partial charge on any atom is 0.419 e. The number of carbonyl (C=O) groups excluding carboxylic acids is 1. The highest BCUT2D eigenvalue weighted by molar-refractivity contribution is 7.92. The highest BCUT2D eigenvalue weighted by Crippen LogP contribution is 2.34. The first-order chi connectivity index (χ1) is 18.7. The lowest BCUT2D eigenvalue weighted by atomic mass is 10.0. The summed E-state index contributed by atoms with van der Waals surface area (Å²) in [4.78, 5) is 20.2. The first kappa shape index (κ1) is 30.6. The smallest absolute Gasteiger partial charge is 0.419 e. The number of aromatic nitrogens is 2. The molecule has 2 aromatic carbocycles.